The number of aromatic amines is 1. The van der Waals surface area contributed by atoms with Gasteiger partial charge < -0.3 is 9.72 Å². The van der Waals surface area contributed by atoms with Crippen molar-refractivity contribution in [3.05, 3.63) is 44.6 Å². The average molecular weight is 234 g/mol. The average Bonchev–Trinajstić information content (AvgIpc) is 2.28. The highest BCUT2D eigenvalue weighted by Gasteiger charge is 2.08. The molecule has 0 bridgehead atoms. The first-order valence-corrected chi connectivity index (χ1v) is 5.36. The fourth-order valence-electron chi connectivity index (χ4n) is 1.85. The number of methoxy groups -OCH3 is 1. The number of hydrogen-bond acceptors (Lipinski definition) is 3. The lowest BCUT2D eigenvalue weighted by molar-refractivity contribution is 0.185. The minimum atomic E-state index is -0.398. The lowest BCUT2D eigenvalue weighted by Gasteiger charge is -2.07. The van der Waals surface area contributed by atoms with Gasteiger partial charge in [0.15, 0.2) is 0 Å². The Kier molecular flexibility index (Phi) is 3.10. The molecule has 1 heterocycles. The van der Waals surface area contributed by atoms with Gasteiger partial charge in [-0.25, -0.2) is 4.79 Å². The van der Waals surface area contributed by atoms with Gasteiger partial charge in [0, 0.05) is 7.11 Å². The molecule has 5 heteroatoms. The van der Waals surface area contributed by atoms with E-state index in [9.17, 15) is 9.59 Å². The van der Waals surface area contributed by atoms with Crippen LogP contribution in [0.1, 0.15) is 5.56 Å². The molecule has 0 spiro atoms. The van der Waals surface area contributed by atoms with Gasteiger partial charge in [0.2, 0.25) is 0 Å². The molecule has 0 fully saturated rings. The third kappa shape index (κ3) is 2.01. The molecule has 17 heavy (non-hydrogen) atoms. The summed E-state index contributed by atoms with van der Waals surface area (Å²) in [6.07, 6.45) is 0. The van der Waals surface area contributed by atoms with Crippen LogP contribution in [0, 0.1) is 6.92 Å². The molecule has 2 rings (SSSR count). The molecular formula is C12H14N2O3. The van der Waals surface area contributed by atoms with Crippen LogP contribution >= 0.6 is 0 Å². The fraction of sp³-hybridized carbons (Fsp3) is 0.333. The van der Waals surface area contributed by atoms with E-state index < -0.39 is 5.69 Å². The summed E-state index contributed by atoms with van der Waals surface area (Å²) in [4.78, 5) is 26.6. The van der Waals surface area contributed by atoms with Crippen molar-refractivity contribution in [1.82, 2.24) is 9.55 Å². The Morgan fingerprint density at radius 2 is 2.12 bits per heavy atom. The van der Waals surface area contributed by atoms with Crippen LogP contribution in [0.3, 0.4) is 0 Å². The van der Waals surface area contributed by atoms with Crippen molar-refractivity contribution in [1.29, 1.82) is 0 Å². The molecule has 1 aromatic heterocycles. The van der Waals surface area contributed by atoms with Gasteiger partial charge in [0.05, 0.1) is 24.1 Å². The standard InChI is InChI=1S/C12H14N2O3/c1-8-4-3-5-9-10(8)11(15)14(6-7-17-2)12(16)13-9/h3-5H,6-7H2,1-2H3,(H,13,16). The van der Waals surface area contributed by atoms with Crippen molar-refractivity contribution in [2.24, 2.45) is 0 Å². The number of fused-ring (bicyclic) bond motifs is 1. The van der Waals surface area contributed by atoms with Gasteiger partial charge in [-0.05, 0) is 18.6 Å². The molecule has 2 aromatic rings. The third-order valence-corrected chi connectivity index (χ3v) is 2.74. The summed E-state index contributed by atoms with van der Waals surface area (Å²) in [6, 6.07) is 5.39. The predicted molar refractivity (Wildman–Crippen MR) is 65.4 cm³/mol. The van der Waals surface area contributed by atoms with E-state index in [4.69, 9.17) is 4.74 Å². The van der Waals surface area contributed by atoms with Crippen LogP contribution in [0.25, 0.3) is 10.9 Å². The van der Waals surface area contributed by atoms with E-state index in [-0.39, 0.29) is 12.1 Å². The smallest absolute Gasteiger partial charge is 0.328 e. The van der Waals surface area contributed by atoms with Crippen molar-refractivity contribution in [3.63, 3.8) is 0 Å². The van der Waals surface area contributed by atoms with Gasteiger partial charge in [0.1, 0.15) is 0 Å². The first-order valence-electron chi connectivity index (χ1n) is 5.36. The maximum atomic E-state index is 12.2. The van der Waals surface area contributed by atoms with Crippen LogP contribution in [0.15, 0.2) is 27.8 Å². The number of aromatic nitrogens is 2. The second-order valence-electron chi connectivity index (χ2n) is 3.88. The Hall–Kier alpha value is -1.88. The van der Waals surface area contributed by atoms with Crippen LogP contribution in [0.2, 0.25) is 0 Å². The molecule has 1 N–H and O–H groups in total. The van der Waals surface area contributed by atoms with Crippen LogP contribution in [0.5, 0.6) is 0 Å². The zero-order valence-corrected chi connectivity index (χ0v) is 9.82. The molecule has 0 saturated heterocycles. The topological polar surface area (TPSA) is 64.1 Å². The van der Waals surface area contributed by atoms with Gasteiger partial charge in [-0.3, -0.25) is 9.36 Å². The number of benzene rings is 1. The molecular weight excluding hydrogens is 220 g/mol. The van der Waals surface area contributed by atoms with Gasteiger partial charge >= 0.3 is 5.69 Å². The summed E-state index contributed by atoms with van der Waals surface area (Å²) in [5.74, 6) is 0. The van der Waals surface area contributed by atoms with Crippen molar-refractivity contribution in [2.45, 2.75) is 13.5 Å². The molecule has 0 aliphatic rings. The molecule has 0 aliphatic carbocycles. The summed E-state index contributed by atoms with van der Waals surface area (Å²) < 4.78 is 6.05. The number of hydrogen-bond donors (Lipinski definition) is 1. The number of rotatable bonds is 3. The molecule has 5 nitrogen and oxygen atoms in total. The Morgan fingerprint density at radius 1 is 1.35 bits per heavy atom. The number of nitrogens with one attached hydrogen (secondary N) is 1. The minimum Gasteiger partial charge on any atom is -0.383 e. The molecule has 0 radical (unpaired) electrons. The van der Waals surface area contributed by atoms with Gasteiger partial charge in [-0.1, -0.05) is 12.1 Å². The summed E-state index contributed by atoms with van der Waals surface area (Å²) in [6.45, 7) is 2.44. The normalized spacial score (nSPS) is 10.9. The second-order valence-corrected chi connectivity index (χ2v) is 3.88. The van der Waals surface area contributed by atoms with E-state index >= 15 is 0 Å². The van der Waals surface area contributed by atoms with Crippen LogP contribution in [0.4, 0.5) is 0 Å². The summed E-state index contributed by atoms with van der Waals surface area (Å²) in [5.41, 5.74) is 0.771. The molecule has 0 amide bonds. The first-order chi connectivity index (χ1) is 8.15. The highest BCUT2D eigenvalue weighted by molar-refractivity contribution is 5.80. The second kappa shape index (κ2) is 4.55. The van der Waals surface area contributed by atoms with Crippen molar-refractivity contribution < 1.29 is 4.74 Å². The van der Waals surface area contributed by atoms with Crippen molar-refractivity contribution in [2.75, 3.05) is 13.7 Å². The largest absolute Gasteiger partial charge is 0.383 e. The monoisotopic (exact) mass is 234 g/mol. The number of aryl methyl sites for hydroxylation is 1. The van der Waals surface area contributed by atoms with E-state index in [1.165, 1.54) is 11.7 Å². The third-order valence-electron chi connectivity index (χ3n) is 2.74. The van der Waals surface area contributed by atoms with E-state index in [0.717, 1.165) is 5.56 Å². The lowest BCUT2D eigenvalue weighted by Crippen LogP contribution is -2.36. The van der Waals surface area contributed by atoms with E-state index in [0.29, 0.717) is 17.5 Å². The van der Waals surface area contributed by atoms with Gasteiger partial charge in [0.25, 0.3) is 5.56 Å². The molecule has 0 saturated carbocycles. The number of H-pyrrole nitrogens is 1. The van der Waals surface area contributed by atoms with Gasteiger partial charge in [-0.15, -0.1) is 0 Å². The van der Waals surface area contributed by atoms with Crippen LogP contribution in [-0.2, 0) is 11.3 Å². The van der Waals surface area contributed by atoms with Crippen molar-refractivity contribution in [3.8, 4) is 0 Å². The highest BCUT2D eigenvalue weighted by Crippen LogP contribution is 2.09. The predicted octanol–water partition coefficient (Wildman–Crippen LogP) is 0.645. The van der Waals surface area contributed by atoms with E-state index in [1.54, 1.807) is 6.07 Å². The summed E-state index contributed by atoms with van der Waals surface area (Å²) in [5, 5.41) is 0.559. The lowest BCUT2D eigenvalue weighted by atomic mass is 10.1. The molecule has 0 unspecified atom stereocenters. The summed E-state index contributed by atoms with van der Waals surface area (Å²) in [7, 11) is 1.53. The Labute approximate surface area is 97.7 Å². The Morgan fingerprint density at radius 3 is 2.82 bits per heavy atom. The SMILES string of the molecule is COCCn1c(=O)[nH]c2cccc(C)c2c1=O. The van der Waals surface area contributed by atoms with Crippen LogP contribution < -0.4 is 11.2 Å². The highest BCUT2D eigenvalue weighted by atomic mass is 16.5. The molecule has 1 aromatic carbocycles. The van der Waals surface area contributed by atoms with E-state index in [2.05, 4.69) is 4.98 Å². The zero-order chi connectivity index (χ0) is 12.4. The van der Waals surface area contributed by atoms with Gasteiger partial charge in [-0.2, -0.15) is 0 Å². The van der Waals surface area contributed by atoms with Crippen molar-refractivity contribution >= 4 is 10.9 Å². The molecule has 90 valence electrons. The minimum absolute atomic E-state index is 0.259. The number of nitrogens with zero attached hydrogens (tertiary/aromatic N) is 1. The quantitative estimate of drug-likeness (QED) is 0.847. The summed E-state index contributed by atoms with van der Waals surface area (Å²) >= 11 is 0. The molecule has 0 aliphatic heterocycles. The maximum Gasteiger partial charge on any atom is 0.328 e. The Balaban J connectivity index is 2.74. The van der Waals surface area contributed by atoms with E-state index in [1.807, 2.05) is 19.1 Å². The fourth-order valence-corrected chi connectivity index (χ4v) is 1.85. The van der Waals surface area contributed by atoms with Crippen LogP contribution in [-0.4, -0.2) is 23.3 Å². The number of ether oxygens (including phenoxy) is 1. The maximum absolute atomic E-state index is 12.2. The first kappa shape index (κ1) is 11.6. The Bertz CT molecular complexity index is 655. The zero-order valence-electron chi connectivity index (χ0n) is 9.82. The molecule has 0 atom stereocenters.